The van der Waals surface area contributed by atoms with Crippen LogP contribution < -0.4 is 5.43 Å². The first-order valence-electron chi connectivity index (χ1n) is 9.33. The molecule has 1 amide bonds. The summed E-state index contributed by atoms with van der Waals surface area (Å²) in [5.74, 6) is 0.322. The Morgan fingerprint density at radius 2 is 1.88 bits per heavy atom. The Kier molecular flexibility index (Phi) is 5.42. The third-order valence-electron chi connectivity index (χ3n) is 5.17. The molecule has 1 unspecified atom stereocenters. The molecule has 1 aromatic carbocycles. The van der Waals surface area contributed by atoms with Crippen LogP contribution in [0.2, 0.25) is 0 Å². The van der Waals surface area contributed by atoms with Crippen LogP contribution in [0.15, 0.2) is 12.1 Å². The molecule has 3 rings (SSSR count). The number of rotatable bonds is 5. The monoisotopic (exact) mass is 344 g/mol. The SMILES string of the molecule is CCOC(=O)C1CCCNN1C(=O)Cc1c(C)cc(C2CC2)cc1C. The maximum absolute atomic E-state index is 12.9. The maximum atomic E-state index is 12.9. The minimum atomic E-state index is -0.521. The van der Waals surface area contributed by atoms with E-state index in [0.717, 1.165) is 12.0 Å². The Morgan fingerprint density at radius 1 is 1.20 bits per heavy atom. The van der Waals surface area contributed by atoms with Gasteiger partial charge in [0.05, 0.1) is 13.0 Å². The quantitative estimate of drug-likeness (QED) is 0.835. The average Bonchev–Trinajstić information content (AvgIpc) is 3.43. The highest BCUT2D eigenvalue weighted by molar-refractivity contribution is 5.86. The summed E-state index contributed by atoms with van der Waals surface area (Å²) >= 11 is 0. The van der Waals surface area contributed by atoms with Crippen LogP contribution >= 0.6 is 0 Å². The fourth-order valence-corrected chi connectivity index (χ4v) is 3.65. The lowest BCUT2D eigenvalue weighted by atomic mass is 9.94. The van der Waals surface area contributed by atoms with Crippen molar-refractivity contribution in [1.82, 2.24) is 10.4 Å². The van der Waals surface area contributed by atoms with Crippen LogP contribution in [0.5, 0.6) is 0 Å². The van der Waals surface area contributed by atoms with Gasteiger partial charge in [0.25, 0.3) is 0 Å². The molecule has 1 aromatic rings. The molecule has 0 spiro atoms. The third kappa shape index (κ3) is 4.03. The lowest BCUT2D eigenvalue weighted by Crippen LogP contribution is -2.57. The molecule has 1 heterocycles. The molecule has 5 nitrogen and oxygen atoms in total. The van der Waals surface area contributed by atoms with E-state index >= 15 is 0 Å². The molecule has 1 aliphatic heterocycles. The standard InChI is InChI=1S/C20H28N2O3/c1-4-25-20(24)18-6-5-9-21-22(18)19(23)12-17-13(2)10-16(11-14(17)3)15-7-8-15/h10-11,15,18,21H,4-9,12H2,1-3H3. The molecule has 2 fully saturated rings. The van der Waals surface area contributed by atoms with Gasteiger partial charge in [-0.15, -0.1) is 0 Å². The van der Waals surface area contributed by atoms with E-state index in [9.17, 15) is 9.59 Å². The van der Waals surface area contributed by atoms with Crippen molar-refractivity contribution in [2.45, 2.75) is 64.8 Å². The van der Waals surface area contributed by atoms with Crippen molar-refractivity contribution >= 4 is 11.9 Å². The van der Waals surface area contributed by atoms with Crippen molar-refractivity contribution in [2.75, 3.05) is 13.2 Å². The van der Waals surface area contributed by atoms with Crippen molar-refractivity contribution in [1.29, 1.82) is 0 Å². The van der Waals surface area contributed by atoms with Crippen molar-refractivity contribution in [3.05, 3.63) is 34.4 Å². The van der Waals surface area contributed by atoms with E-state index in [0.29, 0.717) is 31.9 Å². The second-order valence-electron chi connectivity index (χ2n) is 7.17. The molecular formula is C20H28N2O3. The van der Waals surface area contributed by atoms with Crippen molar-refractivity contribution in [3.8, 4) is 0 Å². The first kappa shape index (κ1) is 17.9. The second kappa shape index (κ2) is 7.56. The van der Waals surface area contributed by atoms with Gasteiger partial charge in [-0.2, -0.15) is 0 Å². The highest BCUT2D eigenvalue weighted by Crippen LogP contribution is 2.41. The summed E-state index contributed by atoms with van der Waals surface area (Å²) in [6.45, 7) is 6.98. The Labute approximate surface area is 149 Å². The summed E-state index contributed by atoms with van der Waals surface area (Å²) in [5, 5.41) is 1.50. The summed E-state index contributed by atoms with van der Waals surface area (Å²) < 4.78 is 5.14. The fourth-order valence-electron chi connectivity index (χ4n) is 3.65. The van der Waals surface area contributed by atoms with Gasteiger partial charge in [0, 0.05) is 6.54 Å². The zero-order valence-electron chi connectivity index (χ0n) is 15.4. The maximum Gasteiger partial charge on any atom is 0.330 e. The molecule has 0 aromatic heterocycles. The zero-order valence-corrected chi connectivity index (χ0v) is 15.4. The molecule has 1 atom stereocenters. The summed E-state index contributed by atoms with van der Waals surface area (Å²) in [5.41, 5.74) is 7.89. The smallest absolute Gasteiger partial charge is 0.330 e. The number of amides is 1. The van der Waals surface area contributed by atoms with E-state index in [-0.39, 0.29) is 11.9 Å². The van der Waals surface area contributed by atoms with Crippen LogP contribution in [-0.4, -0.2) is 36.1 Å². The van der Waals surface area contributed by atoms with Crippen molar-refractivity contribution < 1.29 is 14.3 Å². The van der Waals surface area contributed by atoms with Gasteiger partial charge >= 0.3 is 5.97 Å². The number of esters is 1. The number of nitrogens with one attached hydrogen (secondary N) is 1. The third-order valence-corrected chi connectivity index (χ3v) is 5.17. The summed E-state index contributed by atoms with van der Waals surface area (Å²) in [7, 11) is 0. The number of benzene rings is 1. The molecule has 1 aliphatic carbocycles. The Hall–Kier alpha value is -1.88. The molecule has 25 heavy (non-hydrogen) atoms. The first-order valence-corrected chi connectivity index (χ1v) is 9.33. The molecule has 1 saturated heterocycles. The van der Waals surface area contributed by atoms with Crippen LogP contribution in [0.4, 0.5) is 0 Å². The topological polar surface area (TPSA) is 58.6 Å². The van der Waals surface area contributed by atoms with Crippen LogP contribution in [0.25, 0.3) is 0 Å². The van der Waals surface area contributed by atoms with Gasteiger partial charge in [-0.3, -0.25) is 9.80 Å². The number of nitrogens with zero attached hydrogens (tertiary/aromatic N) is 1. The van der Waals surface area contributed by atoms with Gasteiger partial charge in [-0.05, 0) is 74.6 Å². The Balaban J connectivity index is 1.75. The van der Waals surface area contributed by atoms with Gasteiger partial charge in [0.1, 0.15) is 6.04 Å². The first-order chi connectivity index (χ1) is 12.0. The molecule has 0 radical (unpaired) electrons. The lowest BCUT2D eigenvalue weighted by molar-refractivity contribution is -0.159. The number of hydrazine groups is 1. The predicted molar refractivity (Wildman–Crippen MR) is 96.1 cm³/mol. The fraction of sp³-hybridized carbons (Fsp3) is 0.600. The van der Waals surface area contributed by atoms with Crippen molar-refractivity contribution in [3.63, 3.8) is 0 Å². The molecule has 1 saturated carbocycles. The molecule has 2 aliphatic rings. The van der Waals surface area contributed by atoms with Gasteiger partial charge < -0.3 is 4.74 Å². The summed E-state index contributed by atoms with van der Waals surface area (Å²) in [6, 6.07) is 3.92. The largest absolute Gasteiger partial charge is 0.464 e. The van der Waals surface area contributed by atoms with Crippen LogP contribution in [0.1, 0.15) is 60.8 Å². The molecule has 136 valence electrons. The van der Waals surface area contributed by atoms with Gasteiger partial charge in [-0.1, -0.05) is 12.1 Å². The lowest BCUT2D eigenvalue weighted by Gasteiger charge is -2.34. The minimum Gasteiger partial charge on any atom is -0.464 e. The van der Waals surface area contributed by atoms with Gasteiger partial charge in [-0.25, -0.2) is 10.2 Å². The van der Waals surface area contributed by atoms with Crippen LogP contribution in [-0.2, 0) is 20.7 Å². The number of ether oxygens (including phenoxy) is 1. The van der Waals surface area contributed by atoms with E-state index in [1.807, 2.05) is 0 Å². The minimum absolute atomic E-state index is 0.0666. The normalized spacial score (nSPS) is 20.4. The number of aryl methyl sites for hydroxylation is 2. The van der Waals surface area contributed by atoms with Crippen molar-refractivity contribution in [2.24, 2.45) is 0 Å². The second-order valence-corrected chi connectivity index (χ2v) is 7.17. The Morgan fingerprint density at radius 3 is 2.48 bits per heavy atom. The van der Waals surface area contributed by atoms with E-state index in [4.69, 9.17) is 4.74 Å². The number of hydrogen-bond acceptors (Lipinski definition) is 4. The zero-order chi connectivity index (χ0) is 18.0. The summed E-state index contributed by atoms with van der Waals surface area (Å²) in [4.78, 5) is 25.0. The predicted octanol–water partition coefficient (Wildman–Crippen LogP) is 2.78. The van der Waals surface area contributed by atoms with E-state index in [1.54, 1.807) is 6.92 Å². The summed E-state index contributed by atoms with van der Waals surface area (Å²) in [6.07, 6.45) is 4.37. The molecule has 1 N–H and O–H groups in total. The Bertz CT molecular complexity index is 644. The van der Waals surface area contributed by atoms with E-state index in [1.165, 1.54) is 34.5 Å². The average molecular weight is 344 g/mol. The molecule has 5 heteroatoms. The van der Waals surface area contributed by atoms with Gasteiger partial charge in [0.2, 0.25) is 5.91 Å². The molecular weight excluding hydrogens is 316 g/mol. The van der Waals surface area contributed by atoms with Gasteiger partial charge in [0.15, 0.2) is 0 Å². The van der Waals surface area contributed by atoms with Crippen LogP contribution in [0, 0.1) is 13.8 Å². The number of carbonyl (C=O) groups excluding carboxylic acids is 2. The van der Waals surface area contributed by atoms with E-state index < -0.39 is 6.04 Å². The highest BCUT2D eigenvalue weighted by atomic mass is 16.5. The number of carbonyl (C=O) groups is 2. The van der Waals surface area contributed by atoms with Crippen LogP contribution in [0.3, 0.4) is 0 Å². The van der Waals surface area contributed by atoms with E-state index in [2.05, 4.69) is 31.4 Å². The molecule has 0 bridgehead atoms. The highest BCUT2D eigenvalue weighted by Gasteiger charge is 2.33. The number of hydrogen-bond donors (Lipinski definition) is 1.